The van der Waals surface area contributed by atoms with Crippen LogP contribution in [-0.2, 0) is 32.4 Å². The van der Waals surface area contributed by atoms with Crippen LogP contribution >= 0.6 is 0 Å². The Labute approximate surface area is 162 Å². The standard InChI is InChI=1S/C20H30N2O4S/c1-2-22(15-18-8-5-13-26-18)20(23)11-12-21-27(24,25)19-10-9-16-6-3-4-7-17(16)14-19/h9-10,14,18,21H,2-8,11-13,15H2,1H3. The third-order valence-electron chi connectivity index (χ3n) is 5.44. The Morgan fingerprint density at radius 2 is 2.00 bits per heavy atom. The fourth-order valence-electron chi connectivity index (χ4n) is 3.85. The van der Waals surface area contributed by atoms with E-state index >= 15 is 0 Å². The maximum Gasteiger partial charge on any atom is 0.240 e. The fraction of sp³-hybridized carbons (Fsp3) is 0.650. The number of aryl methyl sites for hydroxylation is 2. The minimum Gasteiger partial charge on any atom is -0.376 e. The van der Waals surface area contributed by atoms with E-state index in [1.54, 1.807) is 17.0 Å². The van der Waals surface area contributed by atoms with Gasteiger partial charge in [0.1, 0.15) is 0 Å². The second-order valence-corrected chi connectivity index (χ2v) is 9.12. The van der Waals surface area contributed by atoms with E-state index in [4.69, 9.17) is 4.74 Å². The average Bonchev–Trinajstić information content (AvgIpc) is 3.18. The molecule has 0 bridgehead atoms. The molecule has 1 aliphatic heterocycles. The van der Waals surface area contributed by atoms with E-state index in [1.165, 1.54) is 12.0 Å². The second-order valence-electron chi connectivity index (χ2n) is 7.35. The van der Waals surface area contributed by atoms with Crippen LogP contribution in [0.2, 0.25) is 0 Å². The van der Waals surface area contributed by atoms with Crippen molar-refractivity contribution in [2.45, 2.75) is 62.9 Å². The van der Waals surface area contributed by atoms with Crippen LogP contribution in [-0.4, -0.2) is 51.6 Å². The number of nitrogens with one attached hydrogen (secondary N) is 1. The molecule has 6 nitrogen and oxygen atoms in total. The molecule has 1 saturated heterocycles. The molecular weight excluding hydrogens is 364 g/mol. The number of amides is 1. The van der Waals surface area contributed by atoms with Crippen molar-refractivity contribution in [1.29, 1.82) is 0 Å². The number of hydrogen-bond acceptors (Lipinski definition) is 4. The number of carbonyl (C=O) groups excluding carboxylic acids is 1. The highest BCUT2D eigenvalue weighted by Gasteiger charge is 2.22. The summed E-state index contributed by atoms with van der Waals surface area (Å²) in [5.74, 6) is -0.0406. The van der Waals surface area contributed by atoms with Gasteiger partial charge in [-0.3, -0.25) is 4.79 Å². The van der Waals surface area contributed by atoms with Gasteiger partial charge in [0.2, 0.25) is 15.9 Å². The highest BCUT2D eigenvalue weighted by Crippen LogP contribution is 2.24. The summed E-state index contributed by atoms with van der Waals surface area (Å²) in [6.07, 6.45) is 6.52. The van der Waals surface area contributed by atoms with Gasteiger partial charge in [-0.2, -0.15) is 0 Å². The van der Waals surface area contributed by atoms with E-state index in [-0.39, 0.29) is 25.0 Å². The monoisotopic (exact) mass is 394 g/mol. The first-order valence-corrected chi connectivity index (χ1v) is 11.5. The third-order valence-corrected chi connectivity index (χ3v) is 6.90. The molecule has 150 valence electrons. The van der Waals surface area contributed by atoms with Crippen LogP contribution in [0.25, 0.3) is 0 Å². The van der Waals surface area contributed by atoms with Gasteiger partial charge in [-0.15, -0.1) is 0 Å². The first kappa shape index (κ1) is 20.3. The van der Waals surface area contributed by atoms with Gasteiger partial charge in [-0.1, -0.05) is 6.07 Å². The summed E-state index contributed by atoms with van der Waals surface area (Å²) in [7, 11) is -3.59. The number of nitrogens with zero attached hydrogens (tertiary/aromatic N) is 1. The van der Waals surface area contributed by atoms with Crippen molar-refractivity contribution in [2.75, 3.05) is 26.2 Å². The molecule has 0 radical (unpaired) electrons. The molecule has 1 fully saturated rings. The van der Waals surface area contributed by atoms with Crippen LogP contribution in [0.5, 0.6) is 0 Å². The van der Waals surface area contributed by atoms with Crippen molar-refractivity contribution in [1.82, 2.24) is 9.62 Å². The lowest BCUT2D eigenvalue weighted by molar-refractivity contribution is -0.132. The summed E-state index contributed by atoms with van der Waals surface area (Å²) in [6, 6.07) is 5.38. The molecule has 1 amide bonds. The predicted octanol–water partition coefficient (Wildman–Crippen LogP) is 2.26. The van der Waals surface area contributed by atoms with Gasteiger partial charge in [-0.25, -0.2) is 13.1 Å². The van der Waals surface area contributed by atoms with E-state index in [2.05, 4.69) is 4.72 Å². The maximum absolute atomic E-state index is 12.6. The lowest BCUT2D eigenvalue weighted by atomic mass is 9.92. The summed E-state index contributed by atoms with van der Waals surface area (Å²) < 4.78 is 33.3. The minimum atomic E-state index is -3.59. The molecule has 1 aromatic carbocycles. The molecule has 0 aromatic heterocycles. The molecule has 7 heteroatoms. The molecule has 1 aromatic rings. The topological polar surface area (TPSA) is 75.7 Å². The molecule has 2 aliphatic rings. The maximum atomic E-state index is 12.6. The van der Waals surface area contributed by atoms with Gasteiger partial charge in [0.05, 0.1) is 11.0 Å². The van der Waals surface area contributed by atoms with Crippen molar-refractivity contribution < 1.29 is 17.9 Å². The summed E-state index contributed by atoms with van der Waals surface area (Å²) in [6.45, 7) is 4.00. The summed E-state index contributed by atoms with van der Waals surface area (Å²) in [5.41, 5.74) is 2.39. The zero-order valence-electron chi connectivity index (χ0n) is 16.1. The number of sulfonamides is 1. The molecule has 1 aliphatic carbocycles. The van der Waals surface area contributed by atoms with Crippen LogP contribution in [0.3, 0.4) is 0 Å². The van der Waals surface area contributed by atoms with Gasteiger partial charge in [-0.05, 0) is 68.7 Å². The predicted molar refractivity (Wildman–Crippen MR) is 104 cm³/mol. The molecule has 1 atom stereocenters. The molecule has 1 unspecified atom stereocenters. The first-order valence-electron chi connectivity index (χ1n) is 10.0. The highest BCUT2D eigenvalue weighted by atomic mass is 32.2. The number of rotatable bonds is 8. The normalized spacial score (nSPS) is 19.7. The number of benzene rings is 1. The molecule has 1 heterocycles. The minimum absolute atomic E-state index is 0.0406. The zero-order valence-corrected chi connectivity index (χ0v) is 16.9. The Balaban J connectivity index is 1.53. The van der Waals surface area contributed by atoms with Crippen molar-refractivity contribution in [3.05, 3.63) is 29.3 Å². The van der Waals surface area contributed by atoms with Crippen LogP contribution in [0.4, 0.5) is 0 Å². The Bertz CT molecular complexity index is 757. The zero-order chi connectivity index (χ0) is 19.3. The number of ether oxygens (including phenoxy) is 1. The van der Waals surface area contributed by atoms with Crippen LogP contribution < -0.4 is 4.72 Å². The van der Waals surface area contributed by atoms with Crippen LogP contribution in [0.15, 0.2) is 23.1 Å². The summed E-state index contributed by atoms with van der Waals surface area (Å²) in [5, 5.41) is 0. The largest absolute Gasteiger partial charge is 0.376 e. The van der Waals surface area contributed by atoms with Gasteiger partial charge in [0.25, 0.3) is 0 Å². The van der Waals surface area contributed by atoms with Crippen LogP contribution in [0.1, 0.15) is 50.2 Å². The van der Waals surface area contributed by atoms with E-state index in [0.29, 0.717) is 18.0 Å². The number of fused-ring (bicyclic) bond motifs is 1. The molecule has 3 rings (SSSR count). The smallest absolute Gasteiger partial charge is 0.240 e. The average molecular weight is 395 g/mol. The first-order chi connectivity index (χ1) is 13.0. The van der Waals surface area contributed by atoms with Gasteiger partial charge >= 0.3 is 0 Å². The van der Waals surface area contributed by atoms with E-state index < -0.39 is 10.0 Å². The Morgan fingerprint density at radius 3 is 2.70 bits per heavy atom. The van der Waals surface area contributed by atoms with Gasteiger partial charge in [0.15, 0.2) is 0 Å². The molecule has 0 spiro atoms. The number of likely N-dealkylation sites (N-methyl/N-ethyl adjacent to an activating group) is 1. The Kier molecular flexibility index (Phi) is 6.89. The Morgan fingerprint density at radius 1 is 1.22 bits per heavy atom. The highest BCUT2D eigenvalue weighted by molar-refractivity contribution is 7.89. The molecule has 1 N–H and O–H groups in total. The van der Waals surface area contributed by atoms with Gasteiger partial charge in [0, 0.05) is 32.7 Å². The third kappa shape index (κ3) is 5.30. The molecule has 27 heavy (non-hydrogen) atoms. The second kappa shape index (κ2) is 9.17. The SMILES string of the molecule is CCN(CC1CCCO1)C(=O)CCNS(=O)(=O)c1ccc2c(c1)CCCC2. The quantitative estimate of drug-likeness (QED) is 0.734. The molecule has 0 saturated carbocycles. The number of carbonyl (C=O) groups is 1. The lowest BCUT2D eigenvalue weighted by Gasteiger charge is -2.24. The Hall–Kier alpha value is -1.44. The summed E-state index contributed by atoms with van der Waals surface area (Å²) >= 11 is 0. The molecular formula is C20H30N2O4S. The lowest BCUT2D eigenvalue weighted by Crippen LogP contribution is -2.39. The van der Waals surface area contributed by atoms with Crippen molar-refractivity contribution in [3.8, 4) is 0 Å². The van der Waals surface area contributed by atoms with Crippen molar-refractivity contribution in [2.24, 2.45) is 0 Å². The van der Waals surface area contributed by atoms with E-state index in [1.807, 2.05) is 13.0 Å². The van der Waals surface area contributed by atoms with E-state index in [9.17, 15) is 13.2 Å². The van der Waals surface area contributed by atoms with Crippen molar-refractivity contribution >= 4 is 15.9 Å². The van der Waals surface area contributed by atoms with Crippen LogP contribution in [0, 0.1) is 0 Å². The number of hydrogen-bond donors (Lipinski definition) is 1. The van der Waals surface area contributed by atoms with Gasteiger partial charge < -0.3 is 9.64 Å². The van der Waals surface area contributed by atoms with E-state index in [0.717, 1.165) is 44.3 Å². The summed E-state index contributed by atoms with van der Waals surface area (Å²) in [4.78, 5) is 14.5. The van der Waals surface area contributed by atoms with Crippen molar-refractivity contribution in [3.63, 3.8) is 0 Å². The fourth-order valence-corrected chi connectivity index (χ4v) is 4.93.